The molecule has 0 spiro atoms. The minimum Gasteiger partial charge on any atom is -0.305 e. The molecule has 106 valence electrons. The molecule has 0 saturated carbocycles. The monoisotopic (exact) mass is 332 g/mol. The van der Waals surface area contributed by atoms with Crippen LogP contribution in [0.15, 0.2) is 41.0 Å². The van der Waals surface area contributed by atoms with Gasteiger partial charge in [-0.15, -0.1) is 0 Å². The molecule has 1 heterocycles. The maximum atomic E-state index is 4.56. The second kappa shape index (κ2) is 7.00. The Morgan fingerprint density at radius 2 is 2.00 bits per heavy atom. The van der Waals surface area contributed by atoms with Gasteiger partial charge in [0.2, 0.25) is 0 Å². The number of nitrogens with zero attached hydrogens (tertiary/aromatic N) is 1. The van der Waals surface area contributed by atoms with Crippen molar-refractivity contribution in [2.75, 3.05) is 6.54 Å². The van der Waals surface area contributed by atoms with Crippen LogP contribution < -0.4 is 5.32 Å². The van der Waals surface area contributed by atoms with Gasteiger partial charge in [0, 0.05) is 10.7 Å². The van der Waals surface area contributed by atoms with Crippen LogP contribution in [-0.4, -0.2) is 11.5 Å². The first-order valence-corrected chi connectivity index (χ1v) is 7.83. The van der Waals surface area contributed by atoms with Gasteiger partial charge in [-0.05, 0) is 66.0 Å². The molecule has 0 aliphatic heterocycles. The van der Waals surface area contributed by atoms with Crippen molar-refractivity contribution in [3.05, 3.63) is 63.4 Å². The fourth-order valence-corrected chi connectivity index (χ4v) is 2.60. The summed E-state index contributed by atoms with van der Waals surface area (Å²) in [6.45, 7) is 7.46. The first kappa shape index (κ1) is 15.2. The predicted molar refractivity (Wildman–Crippen MR) is 88.0 cm³/mol. The van der Waals surface area contributed by atoms with Gasteiger partial charge in [0.05, 0.1) is 11.7 Å². The third kappa shape index (κ3) is 3.68. The van der Waals surface area contributed by atoms with E-state index >= 15 is 0 Å². The zero-order valence-corrected chi connectivity index (χ0v) is 13.9. The summed E-state index contributed by atoms with van der Waals surface area (Å²) in [7, 11) is 0. The Labute approximate surface area is 129 Å². The number of nitrogens with one attached hydrogen (secondary N) is 1. The summed E-state index contributed by atoms with van der Waals surface area (Å²) < 4.78 is 1.01. The SMILES string of the molecule is CCCNC(c1ccc(Br)cn1)c1ccc(C)cc1C. The van der Waals surface area contributed by atoms with Crippen molar-refractivity contribution in [3.8, 4) is 0 Å². The van der Waals surface area contributed by atoms with Crippen molar-refractivity contribution in [1.82, 2.24) is 10.3 Å². The van der Waals surface area contributed by atoms with Gasteiger partial charge in [-0.2, -0.15) is 0 Å². The van der Waals surface area contributed by atoms with Crippen LogP contribution in [0.5, 0.6) is 0 Å². The number of benzene rings is 1. The maximum Gasteiger partial charge on any atom is 0.0754 e. The molecule has 1 unspecified atom stereocenters. The first-order chi connectivity index (χ1) is 9.61. The Balaban J connectivity index is 2.38. The Hall–Kier alpha value is -1.19. The standard InChI is InChI=1S/C17H21BrN2/c1-4-9-19-17(16-8-6-14(18)11-20-16)15-7-5-12(2)10-13(15)3/h5-8,10-11,17,19H,4,9H2,1-3H3. The van der Waals surface area contributed by atoms with E-state index in [1.54, 1.807) is 0 Å². The summed E-state index contributed by atoms with van der Waals surface area (Å²) in [5.41, 5.74) is 4.97. The van der Waals surface area contributed by atoms with E-state index in [4.69, 9.17) is 0 Å². The molecule has 0 amide bonds. The van der Waals surface area contributed by atoms with Gasteiger partial charge in [-0.25, -0.2) is 0 Å². The Morgan fingerprint density at radius 3 is 2.60 bits per heavy atom. The number of halogens is 1. The van der Waals surface area contributed by atoms with E-state index in [9.17, 15) is 0 Å². The molecule has 0 fully saturated rings. The van der Waals surface area contributed by atoms with Crippen molar-refractivity contribution in [1.29, 1.82) is 0 Å². The average molecular weight is 333 g/mol. The Morgan fingerprint density at radius 1 is 1.20 bits per heavy atom. The normalized spacial score (nSPS) is 12.4. The fraction of sp³-hybridized carbons (Fsp3) is 0.353. The zero-order valence-electron chi connectivity index (χ0n) is 12.3. The molecule has 1 N–H and O–H groups in total. The van der Waals surface area contributed by atoms with Crippen molar-refractivity contribution in [2.45, 2.75) is 33.2 Å². The lowest BCUT2D eigenvalue weighted by Gasteiger charge is -2.21. The predicted octanol–water partition coefficient (Wildman–Crippen LogP) is 4.55. The van der Waals surface area contributed by atoms with Gasteiger partial charge >= 0.3 is 0 Å². The van der Waals surface area contributed by atoms with Gasteiger partial charge in [-0.3, -0.25) is 4.98 Å². The van der Waals surface area contributed by atoms with Crippen LogP contribution >= 0.6 is 15.9 Å². The first-order valence-electron chi connectivity index (χ1n) is 7.03. The van der Waals surface area contributed by atoms with E-state index in [2.05, 4.69) is 71.3 Å². The van der Waals surface area contributed by atoms with Crippen LogP contribution in [0.1, 0.15) is 41.8 Å². The van der Waals surface area contributed by atoms with Gasteiger partial charge < -0.3 is 5.32 Å². The number of pyridine rings is 1. The lowest BCUT2D eigenvalue weighted by Crippen LogP contribution is -2.24. The molecule has 0 aliphatic rings. The van der Waals surface area contributed by atoms with Crippen molar-refractivity contribution in [2.24, 2.45) is 0 Å². The molecule has 0 saturated heterocycles. The molecule has 20 heavy (non-hydrogen) atoms. The summed E-state index contributed by atoms with van der Waals surface area (Å²) in [4.78, 5) is 4.56. The summed E-state index contributed by atoms with van der Waals surface area (Å²) in [5.74, 6) is 0. The fourth-order valence-electron chi connectivity index (χ4n) is 2.37. The summed E-state index contributed by atoms with van der Waals surface area (Å²) in [5, 5.41) is 3.60. The molecular weight excluding hydrogens is 312 g/mol. The van der Waals surface area contributed by atoms with E-state index in [1.165, 1.54) is 16.7 Å². The van der Waals surface area contributed by atoms with E-state index in [0.717, 1.165) is 23.1 Å². The second-order valence-corrected chi connectivity index (χ2v) is 6.06. The molecule has 1 atom stereocenters. The highest BCUT2D eigenvalue weighted by Gasteiger charge is 2.16. The van der Waals surface area contributed by atoms with Crippen LogP contribution in [-0.2, 0) is 0 Å². The second-order valence-electron chi connectivity index (χ2n) is 5.15. The maximum absolute atomic E-state index is 4.56. The van der Waals surface area contributed by atoms with E-state index in [-0.39, 0.29) is 6.04 Å². The van der Waals surface area contributed by atoms with Crippen molar-refractivity contribution >= 4 is 15.9 Å². The van der Waals surface area contributed by atoms with Crippen LogP contribution in [0, 0.1) is 13.8 Å². The van der Waals surface area contributed by atoms with Gasteiger partial charge in [0.1, 0.15) is 0 Å². The highest BCUT2D eigenvalue weighted by atomic mass is 79.9. The smallest absolute Gasteiger partial charge is 0.0754 e. The minimum atomic E-state index is 0.156. The van der Waals surface area contributed by atoms with Crippen LogP contribution in [0.4, 0.5) is 0 Å². The van der Waals surface area contributed by atoms with Gasteiger partial charge in [-0.1, -0.05) is 30.7 Å². The topological polar surface area (TPSA) is 24.9 Å². The quantitative estimate of drug-likeness (QED) is 0.868. The third-order valence-corrected chi connectivity index (χ3v) is 3.85. The van der Waals surface area contributed by atoms with Crippen LogP contribution in [0.2, 0.25) is 0 Å². The average Bonchev–Trinajstić information content (AvgIpc) is 2.42. The van der Waals surface area contributed by atoms with Crippen molar-refractivity contribution < 1.29 is 0 Å². The summed E-state index contributed by atoms with van der Waals surface area (Å²) in [6, 6.07) is 10.9. The molecule has 2 nitrogen and oxygen atoms in total. The number of hydrogen-bond acceptors (Lipinski definition) is 2. The van der Waals surface area contributed by atoms with Crippen LogP contribution in [0.3, 0.4) is 0 Å². The lowest BCUT2D eigenvalue weighted by atomic mass is 9.96. The largest absolute Gasteiger partial charge is 0.305 e. The van der Waals surface area contributed by atoms with E-state index in [0.29, 0.717) is 0 Å². The van der Waals surface area contributed by atoms with Crippen LogP contribution in [0.25, 0.3) is 0 Å². The molecule has 1 aromatic heterocycles. The Bertz CT molecular complexity index is 564. The number of aromatic nitrogens is 1. The minimum absolute atomic E-state index is 0.156. The van der Waals surface area contributed by atoms with Gasteiger partial charge in [0.15, 0.2) is 0 Å². The van der Waals surface area contributed by atoms with E-state index < -0.39 is 0 Å². The molecule has 0 bridgehead atoms. The highest BCUT2D eigenvalue weighted by molar-refractivity contribution is 9.10. The highest BCUT2D eigenvalue weighted by Crippen LogP contribution is 2.25. The molecule has 0 aliphatic carbocycles. The number of hydrogen-bond donors (Lipinski definition) is 1. The van der Waals surface area contributed by atoms with Gasteiger partial charge in [0.25, 0.3) is 0 Å². The molecule has 2 rings (SSSR count). The summed E-state index contributed by atoms with van der Waals surface area (Å²) >= 11 is 3.44. The zero-order chi connectivity index (χ0) is 14.5. The summed E-state index contributed by atoms with van der Waals surface area (Å²) in [6.07, 6.45) is 2.97. The number of rotatable bonds is 5. The van der Waals surface area contributed by atoms with Crippen molar-refractivity contribution in [3.63, 3.8) is 0 Å². The van der Waals surface area contributed by atoms with E-state index in [1.807, 2.05) is 12.3 Å². The molecule has 2 aromatic rings. The molecular formula is C17H21BrN2. The third-order valence-electron chi connectivity index (χ3n) is 3.38. The molecule has 1 aromatic carbocycles. The molecule has 3 heteroatoms. The Kier molecular flexibility index (Phi) is 5.32. The number of aryl methyl sites for hydroxylation is 2. The lowest BCUT2D eigenvalue weighted by molar-refractivity contribution is 0.584. The molecule has 0 radical (unpaired) electrons.